The number of likely N-dealkylation sites (tertiary alicyclic amines) is 2. The molecule has 0 N–H and O–H groups in total. The topological polar surface area (TPSA) is 29.5 Å². The molecule has 0 amide bonds. The number of quaternary nitrogens is 1. The Kier molecular flexibility index (Phi) is 7.73. The zero-order valence-corrected chi connectivity index (χ0v) is 19.4. The molecule has 0 radical (unpaired) electrons. The Morgan fingerprint density at radius 3 is 2.19 bits per heavy atom. The van der Waals surface area contributed by atoms with Crippen molar-refractivity contribution in [3.05, 3.63) is 35.9 Å². The second kappa shape index (κ2) is 9.23. The minimum absolute atomic E-state index is 0. The van der Waals surface area contributed by atoms with Crippen LogP contribution in [0.5, 0.6) is 0 Å². The van der Waals surface area contributed by atoms with Gasteiger partial charge in [0.05, 0.1) is 27.2 Å². The van der Waals surface area contributed by atoms with Crippen LogP contribution in [0.3, 0.4) is 0 Å². The summed E-state index contributed by atoms with van der Waals surface area (Å²) in [6, 6.07) is 10.2. The van der Waals surface area contributed by atoms with Crippen LogP contribution < -0.4 is 24.0 Å². The van der Waals surface area contributed by atoms with E-state index >= 15 is 0 Å². The quantitative estimate of drug-likeness (QED) is 0.351. The summed E-state index contributed by atoms with van der Waals surface area (Å²) in [5, 5.41) is 0. The maximum atomic E-state index is 13.4. The zero-order valence-electron chi connectivity index (χ0n) is 17.3. The third kappa shape index (κ3) is 5.24. The van der Waals surface area contributed by atoms with Gasteiger partial charge >= 0.3 is 5.97 Å². The van der Waals surface area contributed by atoms with E-state index in [9.17, 15) is 4.79 Å². The third-order valence-corrected chi connectivity index (χ3v) is 6.54. The van der Waals surface area contributed by atoms with Crippen molar-refractivity contribution in [2.45, 2.75) is 51.2 Å². The predicted octanol–water partition coefficient (Wildman–Crippen LogP) is 0.420. The van der Waals surface area contributed by atoms with Gasteiger partial charge in [0.25, 0.3) is 0 Å². The summed E-state index contributed by atoms with van der Waals surface area (Å²) in [4.78, 5) is 15.7. The molecule has 1 unspecified atom stereocenters. The van der Waals surface area contributed by atoms with E-state index in [2.05, 4.69) is 45.0 Å². The molecular formula is C22H35IN2O2. The molecule has 1 aromatic rings. The van der Waals surface area contributed by atoms with Crippen molar-refractivity contribution in [3.8, 4) is 0 Å². The van der Waals surface area contributed by atoms with Crippen LogP contribution in [0.2, 0.25) is 0 Å². The number of hydrogen-bond donors (Lipinski definition) is 0. The van der Waals surface area contributed by atoms with Crippen LogP contribution in [0, 0.1) is 5.92 Å². The fourth-order valence-electron chi connectivity index (χ4n) is 4.28. The highest BCUT2D eigenvalue weighted by molar-refractivity contribution is 5.82. The molecule has 27 heavy (non-hydrogen) atoms. The smallest absolute Gasteiger partial charge is 0.331 e. The Balaban J connectivity index is 0.00000261. The van der Waals surface area contributed by atoms with Crippen LogP contribution in [-0.4, -0.2) is 61.7 Å². The number of benzene rings is 1. The minimum atomic E-state index is -0.691. The lowest BCUT2D eigenvalue weighted by molar-refractivity contribution is -0.896. The third-order valence-electron chi connectivity index (χ3n) is 6.54. The number of carbonyl (C=O) groups is 1. The fraction of sp³-hybridized carbons (Fsp3) is 0.682. The molecular weight excluding hydrogens is 451 g/mol. The number of ether oxygens (including phenoxy) is 1. The summed E-state index contributed by atoms with van der Waals surface area (Å²) in [5.41, 5.74) is 0.356. The SMILES string of the molecule is CC1CCN(C(C)(C(=O)OC2CC[N+](C)(C)CC2)c2ccccc2)CC1.[I-]. The first kappa shape index (κ1) is 22.6. The number of hydrogen-bond acceptors (Lipinski definition) is 3. The van der Waals surface area contributed by atoms with Crippen LogP contribution in [0.25, 0.3) is 0 Å². The number of piperidine rings is 2. The average molecular weight is 486 g/mol. The fourth-order valence-corrected chi connectivity index (χ4v) is 4.28. The van der Waals surface area contributed by atoms with E-state index in [4.69, 9.17) is 4.74 Å². The summed E-state index contributed by atoms with van der Waals surface area (Å²) in [6.45, 7) is 8.41. The second-order valence-electron chi connectivity index (χ2n) is 9.10. The van der Waals surface area contributed by atoms with Crippen molar-refractivity contribution in [1.29, 1.82) is 0 Å². The molecule has 1 atom stereocenters. The zero-order chi connectivity index (χ0) is 18.8. The van der Waals surface area contributed by atoms with Gasteiger partial charge < -0.3 is 33.2 Å². The molecule has 0 aliphatic carbocycles. The lowest BCUT2D eigenvalue weighted by Gasteiger charge is -2.44. The Hall–Kier alpha value is -0.660. The molecule has 5 heteroatoms. The number of nitrogens with zero attached hydrogens (tertiary/aromatic N) is 2. The van der Waals surface area contributed by atoms with Crippen molar-refractivity contribution in [2.24, 2.45) is 5.92 Å². The number of halogens is 1. The highest BCUT2D eigenvalue weighted by Crippen LogP contribution is 2.34. The van der Waals surface area contributed by atoms with Gasteiger partial charge in [-0.3, -0.25) is 4.90 Å². The first-order valence-corrected chi connectivity index (χ1v) is 10.1. The summed E-state index contributed by atoms with van der Waals surface area (Å²) >= 11 is 0. The molecule has 0 bridgehead atoms. The summed E-state index contributed by atoms with van der Waals surface area (Å²) < 4.78 is 7.12. The van der Waals surface area contributed by atoms with Crippen LogP contribution in [-0.2, 0) is 15.1 Å². The summed E-state index contributed by atoms with van der Waals surface area (Å²) in [6.07, 6.45) is 4.26. The maximum absolute atomic E-state index is 13.4. The van der Waals surface area contributed by atoms with E-state index in [0.717, 1.165) is 67.8 Å². The number of carbonyl (C=O) groups excluding carboxylic acids is 1. The largest absolute Gasteiger partial charge is 1.00 e. The van der Waals surface area contributed by atoms with E-state index in [0.29, 0.717) is 0 Å². The van der Waals surface area contributed by atoms with Gasteiger partial charge in [0, 0.05) is 12.8 Å². The van der Waals surface area contributed by atoms with Gasteiger partial charge in [0.2, 0.25) is 0 Å². The van der Waals surface area contributed by atoms with Gasteiger partial charge in [-0.2, -0.15) is 0 Å². The summed E-state index contributed by atoms with van der Waals surface area (Å²) in [5.74, 6) is 0.663. The molecule has 2 heterocycles. The predicted molar refractivity (Wildman–Crippen MR) is 105 cm³/mol. The second-order valence-corrected chi connectivity index (χ2v) is 9.10. The lowest BCUT2D eigenvalue weighted by atomic mass is 9.86. The molecule has 3 rings (SSSR count). The van der Waals surface area contributed by atoms with Gasteiger partial charge in [-0.25, -0.2) is 4.79 Å². The molecule has 2 fully saturated rings. The first-order valence-electron chi connectivity index (χ1n) is 10.1. The van der Waals surface area contributed by atoms with E-state index in [1.54, 1.807) is 0 Å². The van der Waals surface area contributed by atoms with Crippen LogP contribution >= 0.6 is 0 Å². The molecule has 2 aliphatic heterocycles. The first-order chi connectivity index (χ1) is 12.3. The Morgan fingerprint density at radius 2 is 1.63 bits per heavy atom. The van der Waals surface area contributed by atoms with Gasteiger partial charge in [-0.15, -0.1) is 0 Å². The van der Waals surface area contributed by atoms with E-state index in [-0.39, 0.29) is 36.0 Å². The van der Waals surface area contributed by atoms with Crippen molar-refractivity contribution < 1.29 is 38.0 Å². The van der Waals surface area contributed by atoms with Crippen molar-refractivity contribution in [1.82, 2.24) is 4.90 Å². The minimum Gasteiger partial charge on any atom is -1.00 e. The van der Waals surface area contributed by atoms with Gasteiger partial charge in [-0.05, 0) is 44.3 Å². The van der Waals surface area contributed by atoms with Gasteiger partial charge in [0.1, 0.15) is 11.6 Å². The highest BCUT2D eigenvalue weighted by atomic mass is 127. The van der Waals surface area contributed by atoms with Crippen molar-refractivity contribution >= 4 is 5.97 Å². The van der Waals surface area contributed by atoms with E-state index in [1.807, 2.05) is 18.2 Å². The van der Waals surface area contributed by atoms with Crippen LogP contribution in [0.4, 0.5) is 0 Å². The van der Waals surface area contributed by atoms with Gasteiger partial charge in [0.15, 0.2) is 0 Å². The monoisotopic (exact) mass is 486 g/mol. The highest BCUT2D eigenvalue weighted by Gasteiger charge is 2.45. The van der Waals surface area contributed by atoms with E-state index < -0.39 is 5.54 Å². The van der Waals surface area contributed by atoms with Crippen LogP contribution in [0.15, 0.2) is 30.3 Å². The molecule has 152 valence electrons. The Labute approximate surface area is 181 Å². The molecule has 0 saturated carbocycles. The van der Waals surface area contributed by atoms with E-state index in [1.165, 1.54) is 0 Å². The van der Waals surface area contributed by atoms with Crippen molar-refractivity contribution in [3.63, 3.8) is 0 Å². The average Bonchev–Trinajstić information content (AvgIpc) is 2.64. The molecule has 2 aliphatic rings. The number of esters is 1. The van der Waals surface area contributed by atoms with Gasteiger partial charge in [-0.1, -0.05) is 37.3 Å². The Bertz CT molecular complexity index is 604. The molecule has 0 aromatic heterocycles. The normalized spacial score (nSPS) is 23.9. The van der Waals surface area contributed by atoms with Crippen LogP contribution in [0.1, 0.15) is 45.1 Å². The summed E-state index contributed by atoms with van der Waals surface area (Å²) in [7, 11) is 4.50. The van der Waals surface area contributed by atoms with Crippen molar-refractivity contribution in [2.75, 3.05) is 40.3 Å². The molecule has 0 spiro atoms. The molecule has 4 nitrogen and oxygen atoms in total. The Morgan fingerprint density at radius 1 is 1.07 bits per heavy atom. The molecule has 2 saturated heterocycles. The number of rotatable bonds is 4. The lowest BCUT2D eigenvalue weighted by Crippen LogP contribution is -3.00. The standard InChI is InChI=1S/C22H35N2O2.HI/c1-18-10-14-23(15-11-18)22(2,19-8-6-5-7-9-19)21(25)26-20-12-16-24(3,4)17-13-20;/h5-9,18,20H,10-17H2,1-4H3;1H/q+1;/p-1. The maximum Gasteiger partial charge on any atom is 0.331 e. The molecule has 1 aromatic carbocycles.